The van der Waals surface area contributed by atoms with Crippen molar-refractivity contribution in [2.24, 2.45) is 0 Å². The number of aromatic nitrogens is 2. The van der Waals surface area contributed by atoms with Crippen molar-refractivity contribution in [3.8, 4) is 0 Å². The number of anilines is 1. The number of thiol groups is 1. The van der Waals surface area contributed by atoms with Crippen LogP contribution < -0.4 is 4.90 Å². The number of rotatable bonds is 2. The van der Waals surface area contributed by atoms with E-state index in [1.165, 1.54) is 11.1 Å². The van der Waals surface area contributed by atoms with Gasteiger partial charge in [0.15, 0.2) is 11.5 Å². The molecule has 1 atom stereocenters. The Hall–Kier alpha value is -1.63. The van der Waals surface area contributed by atoms with Crippen molar-refractivity contribution >= 4 is 30.3 Å². The van der Waals surface area contributed by atoms with E-state index in [-0.39, 0.29) is 16.9 Å². The average Bonchev–Trinajstić information content (AvgIpc) is 2.58. The van der Waals surface area contributed by atoms with E-state index in [4.69, 9.17) is 5.11 Å². The third-order valence-corrected chi connectivity index (χ3v) is 2.58. The first-order valence-electron chi connectivity index (χ1n) is 4.61. The van der Waals surface area contributed by atoms with E-state index in [2.05, 4.69) is 22.6 Å². The van der Waals surface area contributed by atoms with Gasteiger partial charge in [0.05, 0.1) is 12.4 Å². The van der Waals surface area contributed by atoms with Gasteiger partial charge in [-0.25, -0.2) is 14.8 Å². The summed E-state index contributed by atoms with van der Waals surface area (Å²) in [4.78, 5) is 31.1. The second-order valence-corrected chi connectivity index (χ2v) is 4.16. The summed E-state index contributed by atoms with van der Waals surface area (Å²) in [7, 11) is 0. The van der Waals surface area contributed by atoms with Gasteiger partial charge in [-0.2, -0.15) is 12.6 Å². The number of aromatic carboxylic acids is 1. The molecule has 2 heterocycles. The highest BCUT2D eigenvalue weighted by Gasteiger charge is 2.29. The van der Waals surface area contributed by atoms with E-state index in [0.29, 0.717) is 18.8 Å². The van der Waals surface area contributed by atoms with E-state index >= 15 is 0 Å². The molecule has 1 saturated heterocycles. The number of hydrogen-bond acceptors (Lipinski definition) is 5. The molecule has 0 aliphatic carbocycles. The van der Waals surface area contributed by atoms with Crippen molar-refractivity contribution in [1.29, 1.82) is 0 Å². The minimum Gasteiger partial charge on any atom is -0.476 e. The standard InChI is InChI=1S/C9H9N3O3S/c13-8-1-5(16)4-12(8)7-3-10-6(2-11-7)9(14)15/h2-3,5,16H,1,4H2,(H,14,15). The molecule has 0 bridgehead atoms. The predicted octanol–water partition coefficient (Wildman–Crippen LogP) is 0.210. The molecule has 1 fully saturated rings. The molecule has 0 radical (unpaired) electrons. The van der Waals surface area contributed by atoms with Crippen LogP contribution in [0.2, 0.25) is 0 Å². The van der Waals surface area contributed by atoms with E-state index in [1.54, 1.807) is 0 Å². The lowest BCUT2D eigenvalue weighted by molar-refractivity contribution is -0.117. The van der Waals surface area contributed by atoms with Crippen molar-refractivity contribution in [2.45, 2.75) is 11.7 Å². The topological polar surface area (TPSA) is 83.4 Å². The smallest absolute Gasteiger partial charge is 0.356 e. The van der Waals surface area contributed by atoms with E-state index in [0.717, 1.165) is 6.20 Å². The van der Waals surface area contributed by atoms with Crippen LogP contribution in [0, 0.1) is 0 Å². The third kappa shape index (κ3) is 1.99. The Labute approximate surface area is 96.7 Å². The van der Waals surface area contributed by atoms with E-state index in [1.807, 2.05) is 0 Å². The van der Waals surface area contributed by atoms with E-state index < -0.39 is 5.97 Å². The fourth-order valence-electron chi connectivity index (χ4n) is 1.48. The first-order valence-corrected chi connectivity index (χ1v) is 5.13. The second-order valence-electron chi connectivity index (χ2n) is 3.43. The highest BCUT2D eigenvalue weighted by atomic mass is 32.1. The number of hydrogen-bond donors (Lipinski definition) is 2. The van der Waals surface area contributed by atoms with Crippen LogP contribution in [0.25, 0.3) is 0 Å². The summed E-state index contributed by atoms with van der Waals surface area (Å²) in [5.74, 6) is -0.845. The van der Waals surface area contributed by atoms with Gasteiger partial charge in [-0.3, -0.25) is 9.69 Å². The van der Waals surface area contributed by atoms with Gasteiger partial charge in [-0.05, 0) is 0 Å². The van der Waals surface area contributed by atoms with Crippen molar-refractivity contribution in [3.05, 3.63) is 18.1 Å². The summed E-state index contributed by atoms with van der Waals surface area (Å²) in [6.07, 6.45) is 2.79. The largest absolute Gasteiger partial charge is 0.476 e. The molecule has 84 valence electrons. The van der Waals surface area contributed by atoms with Gasteiger partial charge in [-0.15, -0.1) is 0 Å². The zero-order valence-electron chi connectivity index (χ0n) is 8.20. The predicted molar refractivity (Wildman–Crippen MR) is 58.7 cm³/mol. The molecule has 1 aromatic rings. The molecule has 6 nitrogen and oxygen atoms in total. The normalized spacial score (nSPS) is 20.2. The number of nitrogens with zero attached hydrogens (tertiary/aromatic N) is 3. The van der Waals surface area contributed by atoms with Gasteiger partial charge in [0.2, 0.25) is 5.91 Å². The molecule has 0 aromatic carbocycles. The van der Waals surface area contributed by atoms with Crippen molar-refractivity contribution < 1.29 is 14.7 Å². The summed E-state index contributed by atoms with van der Waals surface area (Å²) in [5, 5.41) is 8.63. The third-order valence-electron chi connectivity index (χ3n) is 2.24. The van der Waals surface area contributed by atoms with Crippen molar-refractivity contribution in [3.63, 3.8) is 0 Å². The highest BCUT2D eigenvalue weighted by Crippen LogP contribution is 2.21. The lowest BCUT2D eigenvalue weighted by Crippen LogP contribution is -2.26. The summed E-state index contributed by atoms with van der Waals surface area (Å²) in [5.41, 5.74) is -0.141. The molecule has 1 unspecified atom stereocenters. The fraction of sp³-hybridized carbons (Fsp3) is 0.333. The molecule has 2 rings (SSSR count). The molecule has 1 aliphatic heterocycles. The molecule has 1 amide bonds. The number of carboxylic acids is 1. The van der Waals surface area contributed by atoms with Gasteiger partial charge in [-0.1, -0.05) is 0 Å². The Morgan fingerprint density at radius 2 is 2.25 bits per heavy atom. The molecular formula is C9H9N3O3S. The number of amides is 1. The van der Waals surface area contributed by atoms with Gasteiger partial charge in [0.1, 0.15) is 0 Å². The summed E-state index contributed by atoms with van der Waals surface area (Å²) < 4.78 is 0. The Bertz CT molecular complexity index is 434. The van der Waals surface area contributed by atoms with Gasteiger partial charge in [0, 0.05) is 18.2 Å². The summed E-state index contributed by atoms with van der Waals surface area (Å²) in [6, 6.07) is 0. The Morgan fingerprint density at radius 3 is 2.69 bits per heavy atom. The molecule has 1 aromatic heterocycles. The van der Waals surface area contributed by atoms with Crippen LogP contribution in [-0.4, -0.2) is 38.7 Å². The maximum absolute atomic E-state index is 11.5. The second kappa shape index (κ2) is 4.09. The van der Waals surface area contributed by atoms with Crippen LogP contribution in [0.1, 0.15) is 16.9 Å². The van der Waals surface area contributed by atoms with Crippen LogP contribution in [0.4, 0.5) is 5.82 Å². The maximum Gasteiger partial charge on any atom is 0.356 e. The quantitative estimate of drug-likeness (QED) is 0.721. The fourth-order valence-corrected chi connectivity index (χ4v) is 1.80. The van der Waals surface area contributed by atoms with Gasteiger partial charge in [0.25, 0.3) is 0 Å². The van der Waals surface area contributed by atoms with Gasteiger partial charge >= 0.3 is 5.97 Å². The number of carbonyl (C=O) groups excluding carboxylic acids is 1. The molecule has 1 N–H and O–H groups in total. The van der Waals surface area contributed by atoms with Crippen LogP contribution in [0.5, 0.6) is 0 Å². The molecule has 1 aliphatic rings. The molecule has 16 heavy (non-hydrogen) atoms. The van der Waals surface area contributed by atoms with Crippen LogP contribution in [0.15, 0.2) is 12.4 Å². The van der Waals surface area contributed by atoms with Crippen LogP contribution >= 0.6 is 12.6 Å². The maximum atomic E-state index is 11.5. The SMILES string of the molecule is O=C(O)c1cnc(N2CC(S)CC2=O)cn1. The zero-order valence-corrected chi connectivity index (χ0v) is 9.09. The van der Waals surface area contributed by atoms with Crippen molar-refractivity contribution in [2.75, 3.05) is 11.4 Å². The van der Waals surface area contributed by atoms with Crippen molar-refractivity contribution in [1.82, 2.24) is 9.97 Å². The van der Waals surface area contributed by atoms with Gasteiger partial charge < -0.3 is 5.11 Å². The minimum atomic E-state index is -1.14. The minimum absolute atomic E-state index is 0.00606. The zero-order chi connectivity index (χ0) is 11.7. The summed E-state index contributed by atoms with van der Waals surface area (Å²) >= 11 is 4.21. The summed E-state index contributed by atoms with van der Waals surface area (Å²) in [6.45, 7) is 0.475. The molecule has 7 heteroatoms. The lowest BCUT2D eigenvalue weighted by atomic mass is 10.4. The molecule has 0 saturated carbocycles. The Kier molecular flexibility index (Phi) is 2.78. The molecular weight excluding hydrogens is 230 g/mol. The monoisotopic (exact) mass is 239 g/mol. The first kappa shape index (κ1) is 10.9. The van der Waals surface area contributed by atoms with Crippen LogP contribution in [-0.2, 0) is 4.79 Å². The Balaban J connectivity index is 2.22. The highest BCUT2D eigenvalue weighted by molar-refractivity contribution is 7.81. The van der Waals surface area contributed by atoms with E-state index in [9.17, 15) is 9.59 Å². The molecule has 0 spiro atoms. The lowest BCUT2D eigenvalue weighted by Gasteiger charge is -2.13. The average molecular weight is 239 g/mol. The number of carboxylic acid groups (broad SMARTS) is 1. The Morgan fingerprint density at radius 1 is 1.50 bits per heavy atom. The number of carbonyl (C=O) groups is 2. The first-order chi connectivity index (χ1) is 7.58. The van der Waals surface area contributed by atoms with Crippen LogP contribution in [0.3, 0.4) is 0 Å².